The largest absolute Gasteiger partial charge is 0.398 e. The Morgan fingerprint density at radius 2 is 1.63 bits per heavy atom. The van der Waals surface area contributed by atoms with Crippen LogP contribution in [0.15, 0.2) is 41.3 Å². The Bertz CT molecular complexity index is 1010. The van der Waals surface area contributed by atoms with Gasteiger partial charge in [-0.15, -0.1) is 24.0 Å². The van der Waals surface area contributed by atoms with Crippen molar-refractivity contribution in [1.29, 1.82) is 15.8 Å². The first-order chi connectivity index (χ1) is 12.9. The summed E-state index contributed by atoms with van der Waals surface area (Å²) in [5.74, 6) is 0. The van der Waals surface area contributed by atoms with Crippen LogP contribution >= 0.6 is 24.0 Å². The van der Waals surface area contributed by atoms with E-state index in [0.29, 0.717) is 6.42 Å². The van der Waals surface area contributed by atoms with Gasteiger partial charge in [-0.05, 0) is 49.2 Å². The molecule has 0 aliphatic carbocycles. The summed E-state index contributed by atoms with van der Waals surface area (Å²) < 4.78 is 1.16. The highest BCUT2D eigenvalue weighted by atomic mass is 32.1. The van der Waals surface area contributed by atoms with Gasteiger partial charge in [0.1, 0.15) is 11.4 Å². The summed E-state index contributed by atoms with van der Waals surface area (Å²) >= 11 is 5.72. The molecule has 2 aromatic carbocycles. The van der Waals surface area contributed by atoms with Crippen molar-refractivity contribution in [2.75, 3.05) is 5.73 Å². The average molecular weight is 394 g/mol. The number of thiazole rings is 1. The van der Waals surface area contributed by atoms with Crippen LogP contribution in [0.4, 0.5) is 5.69 Å². The number of thiol groups is 1. The van der Waals surface area contributed by atoms with Gasteiger partial charge in [0.2, 0.25) is 0 Å². The Hall–Kier alpha value is -3.05. The van der Waals surface area contributed by atoms with E-state index in [2.05, 4.69) is 35.8 Å². The van der Waals surface area contributed by atoms with Crippen LogP contribution in [0.5, 0.6) is 0 Å². The Balaban J connectivity index is 0.000000227. The van der Waals surface area contributed by atoms with Gasteiger partial charge in [0.15, 0.2) is 0 Å². The van der Waals surface area contributed by atoms with E-state index in [-0.39, 0.29) is 6.42 Å². The summed E-state index contributed by atoms with van der Waals surface area (Å²) in [5.41, 5.74) is 9.68. The average Bonchev–Trinajstić information content (AvgIpc) is 3.02. The first-order valence-corrected chi connectivity index (χ1v) is 9.19. The van der Waals surface area contributed by atoms with Crippen molar-refractivity contribution >= 4 is 39.9 Å². The molecule has 3 aromatic rings. The van der Waals surface area contributed by atoms with Crippen molar-refractivity contribution in [2.24, 2.45) is 0 Å². The molecule has 0 saturated heterocycles. The van der Waals surface area contributed by atoms with Crippen LogP contribution in [0.2, 0.25) is 0 Å². The predicted octanol–water partition coefficient (Wildman–Crippen LogP) is 4.96. The first-order valence-electron chi connectivity index (χ1n) is 7.93. The molecule has 0 amide bonds. The number of nitrogens with two attached hydrogens (primary N) is 1. The molecule has 0 spiro atoms. The quantitative estimate of drug-likeness (QED) is 0.448. The number of nitrogens with zero attached hydrogens (tertiary/aromatic N) is 4. The van der Waals surface area contributed by atoms with Crippen molar-refractivity contribution in [2.45, 2.75) is 31.6 Å². The zero-order chi connectivity index (χ0) is 20.2. The summed E-state index contributed by atoms with van der Waals surface area (Å²) in [6.45, 7) is 4.05. The zero-order valence-electron chi connectivity index (χ0n) is 15.1. The number of rotatable bonds is 1. The highest BCUT2D eigenvalue weighted by Gasteiger charge is 2.02. The molecule has 1 heterocycles. The van der Waals surface area contributed by atoms with Crippen molar-refractivity contribution in [1.82, 2.24) is 4.98 Å². The van der Waals surface area contributed by atoms with E-state index < -0.39 is 0 Å². The number of hydrogen-bond acceptors (Lipinski definition) is 7. The van der Waals surface area contributed by atoms with E-state index in [0.717, 1.165) is 25.8 Å². The highest BCUT2D eigenvalue weighted by molar-refractivity contribution is 7.80. The fourth-order valence-corrected chi connectivity index (χ4v) is 2.96. The van der Waals surface area contributed by atoms with Crippen LogP contribution in [-0.4, -0.2) is 4.98 Å². The minimum atomic E-state index is 0. The smallest absolute Gasteiger partial charge is 0.122 e. The Morgan fingerprint density at radius 1 is 1.00 bits per heavy atom. The maximum Gasteiger partial charge on any atom is 0.122 e. The Kier molecular flexibility index (Phi) is 9.40. The maximum atomic E-state index is 8.52. The van der Waals surface area contributed by atoms with Crippen LogP contribution in [-0.2, 0) is 6.42 Å². The Labute approximate surface area is 168 Å². The minimum Gasteiger partial charge on any atom is -0.398 e. The number of aromatic nitrogens is 1. The highest BCUT2D eigenvalue weighted by Crippen LogP contribution is 2.22. The summed E-state index contributed by atoms with van der Waals surface area (Å²) in [6, 6.07) is 17.4. The number of nitrogen functional groups attached to an aromatic ring is 1. The van der Waals surface area contributed by atoms with Crippen LogP contribution < -0.4 is 5.73 Å². The lowest BCUT2D eigenvalue weighted by Gasteiger charge is -1.97. The molecule has 3 rings (SSSR count). The van der Waals surface area contributed by atoms with Gasteiger partial charge in [0.05, 0.1) is 34.8 Å². The van der Waals surface area contributed by atoms with E-state index in [9.17, 15) is 0 Å². The standard InChI is InChI=1S/C10H8N2S.C7H9NS.C3H2N2/c1-7-2-3-9-8(6-7)12-10(13-9)4-5-11;1-5-2-3-7(9)6(8)4-5;4-2-1-3-5/h2-3,6H,4H2,1H3;2-4,9H,8H2,1H3;1H2. The third-order valence-corrected chi connectivity index (χ3v) is 4.60. The SMILES string of the molecule is Cc1ccc(S)c(N)c1.Cc1ccc2sc(CC#N)nc2c1.N#CCC#N. The second kappa shape index (κ2) is 11.5. The van der Waals surface area contributed by atoms with Crippen molar-refractivity contribution < 1.29 is 0 Å². The van der Waals surface area contributed by atoms with Gasteiger partial charge in [-0.25, -0.2) is 4.98 Å². The van der Waals surface area contributed by atoms with Crippen LogP contribution in [0, 0.1) is 47.8 Å². The fourth-order valence-electron chi connectivity index (χ4n) is 1.94. The van der Waals surface area contributed by atoms with Gasteiger partial charge in [0, 0.05) is 10.6 Å². The second-order valence-corrected chi connectivity index (χ2v) is 7.07. The van der Waals surface area contributed by atoms with Gasteiger partial charge < -0.3 is 5.73 Å². The molecule has 1 aromatic heterocycles. The monoisotopic (exact) mass is 393 g/mol. The number of benzene rings is 2. The van der Waals surface area contributed by atoms with Gasteiger partial charge >= 0.3 is 0 Å². The van der Waals surface area contributed by atoms with Gasteiger partial charge in [-0.3, -0.25) is 0 Å². The molecule has 0 aliphatic heterocycles. The van der Waals surface area contributed by atoms with E-state index in [1.165, 1.54) is 11.1 Å². The zero-order valence-corrected chi connectivity index (χ0v) is 16.8. The molecule has 0 bridgehead atoms. The number of anilines is 1. The summed E-state index contributed by atoms with van der Waals surface area (Å²) in [4.78, 5) is 5.21. The molecular weight excluding hydrogens is 374 g/mol. The molecule has 0 unspecified atom stereocenters. The lowest BCUT2D eigenvalue weighted by molar-refractivity contribution is 1.21. The van der Waals surface area contributed by atoms with Crippen molar-refractivity contribution in [3.63, 3.8) is 0 Å². The summed E-state index contributed by atoms with van der Waals surface area (Å²) in [6.07, 6.45) is 0.415. The lowest BCUT2D eigenvalue weighted by atomic mass is 10.2. The Morgan fingerprint density at radius 3 is 2.15 bits per heavy atom. The van der Waals surface area contributed by atoms with E-state index in [1.807, 2.05) is 38.1 Å². The van der Waals surface area contributed by atoms with Crippen LogP contribution in [0.25, 0.3) is 10.2 Å². The van der Waals surface area contributed by atoms with E-state index in [4.69, 9.17) is 21.5 Å². The number of hydrogen-bond donors (Lipinski definition) is 2. The topological polar surface area (TPSA) is 110 Å². The third-order valence-electron chi connectivity index (χ3n) is 3.16. The maximum absolute atomic E-state index is 8.52. The molecule has 136 valence electrons. The van der Waals surface area contributed by atoms with E-state index >= 15 is 0 Å². The van der Waals surface area contributed by atoms with Gasteiger partial charge in [0.25, 0.3) is 0 Å². The summed E-state index contributed by atoms with van der Waals surface area (Å²) in [7, 11) is 0. The van der Waals surface area contributed by atoms with Gasteiger partial charge in [-0.2, -0.15) is 15.8 Å². The van der Waals surface area contributed by atoms with Crippen LogP contribution in [0.1, 0.15) is 22.6 Å². The van der Waals surface area contributed by atoms with Crippen molar-refractivity contribution in [3.05, 3.63) is 52.5 Å². The molecule has 27 heavy (non-hydrogen) atoms. The molecule has 5 nitrogen and oxygen atoms in total. The molecule has 0 fully saturated rings. The molecule has 7 heteroatoms. The molecular formula is C20H19N5S2. The first kappa shape index (κ1) is 22.0. The third kappa shape index (κ3) is 7.79. The molecule has 0 aliphatic rings. The fraction of sp³-hybridized carbons (Fsp3) is 0.200. The lowest BCUT2D eigenvalue weighted by Crippen LogP contribution is -1.86. The van der Waals surface area contributed by atoms with Crippen LogP contribution in [0.3, 0.4) is 0 Å². The second-order valence-electron chi connectivity index (χ2n) is 5.47. The molecule has 0 radical (unpaired) electrons. The minimum absolute atomic E-state index is 0. The summed E-state index contributed by atoms with van der Waals surface area (Å²) in [5, 5.41) is 24.6. The molecule has 0 atom stereocenters. The predicted molar refractivity (Wildman–Crippen MR) is 112 cm³/mol. The van der Waals surface area contributed by atoms with E-state index in [1.54, 1.807) is 23.5 Å². The molecule has 2 N–H and O–H groups in total. The number of nitriles is 3. The molecule has 0 saturated carbocycles. The normalized spacial score (nSPS) is 8.89. The van der Waals surface area contributed by atoms with Crippen molar-refractivity contribution in [3.8, 4) is 18.2 Å². The number of fused-ring (bicyclic) bond motifs is 1. The number of aryl methyl sites for hydroxylation is 2. The van der Waals surface area contributed by atoms with Gasteiger partial charge in [-0.1, -0.05) is 12.1 Å².